The molecule has 2 rings (SSSR count). The largest absolute Gasteiger partial charge is 0.397 e. The second-order valence-corrected chi connectivity index (χ2v) is 6.37. The van der Waals surface area contributed by atoms with Crippen molar-refractivity contribution in [3.63, 3.8) is 0 Å². The highest BCUT2D eigenvalue weighted by Crippen LogP contribution is 2.26. The Bertz CT molecular complexity index is 453. The van der Waals surface area contributed by atoms with Crippen molar-refractivity contribution < 1.29 is 4.39 Å². The van der Waals surface area contributed by atoms with Crippen LogP contribution in [-0.4, -0.2) is 30.6 Å². The Labute approximate surface area is 128 Å². The van der Waals surface area contributed by atoms with Gasteiger partial charge in [0.05, 0.1) is 15.8 Å². The van der Waals surface area contributed by atoms with E-state index in [0.29, 0.717) is 21.9 Å². The molecular weight excluding hydrogens is 321 g/mol. The van der Waals surface area contributed by atoms with Gasteiger partial charge in [0.15, 0.2) is 0 Å². The number of halogens is 2. The van der Waals surface area contributed by atoms with E-state index in [0.717, 1.165) is 19.5 Å². The highest BCUT2D eigenvalue weighted by Gasteiger charge is 2.17. The molecular formula is C15H23BrFN3. The SMILES string of the molecule is CC1CCCCN1CCCNc1cc(F)c(Br)cc1N. The third-order valence-electron chi connectivity index (χ3n) is 3.97. The molecule has 0 bridgehead atoms. The molecule has 0 amide bonds. The lowest BCUT2D eigenvalue weighted by molar-refractivity contribution is 0.160. The van der Waals surface area contributed by atoms with Crippen molar-refractivity contribution in [1.82, 2.24) is 4.90 Å². The van der Waals surface area contributed by atoms with Gasteiger partial charge in [-0.1, -0.05) is 6.42 Å². The molecule has 1 heterocycles. The van der Waals surface area contributed by atoms with Gasteiger partial charge in [0, 0.05) is 25.2 Å². The van der Waals surface area contributed by atoms with Crippen LogP contribution in [0.25, 0.3) is 0 Å². The fourth-order valence-electron chi connectivity index (χ4n) is 2.71. The summed E-state index contributed by atoms with van der Waals surface area (Å²) in [6.07, 6.45) is 5.01. The average Bonchev–Trinajstić information content (AvgIpc) is 2.42. The summed E-state index contributed by atoms with van der Waals surface area (Å²) in [4.78, 5) is 2.54. The standard InChI is InChI=1S/C15H23BrFN3/c1-11-5-2-3-7-20(11)8-4-6-19-15-10-13(17)12(16)9-14(15)18/h9-11,19H,2-8,18H2,1H3. The maximum absolute atomic E-state index is 13.5. The van der Waals surface area contributed by atoms with Gasteiger partial charge in [-0.05, 0) is 54.7 Å². The number of nitrogen functional groups attached to an aromatic ring is 1. The first-order chi connectivity index (χ1) is 9.58. The Hall–Kier alpha value is -0.810. The van der Waals surface area contributed by atoms with Crippen LogP contribution in [0.1, 0.15) is 32.6 Å². The number of likely N-dealkylation sites (tertiary alicyclic amines) is 1. The van der Waals surface area contributed by atoms with Crippen LogP contribution in [0.4, 0.5) is 15.8 Å². The number of rotatable bonds is 5. The molecule has 0 aliphatic carbocycles. The van der Waals surface area contributed by atoms with E-state index in [4.69, 9.17) is 5.73 Å². The van der Waals surface area contributed by atoms with Crippen LogP contribution in [0.15, 0.2) is 16.6 Å². The Balaban J connectivity index is 1.77. The molecule has 1 aliphatic rings. The Morgan fingerprint density at radius 3 is 3.00 bits per heavy atom. The van der Waals surface area contributed by atoms with Crippen molar-refractivity contribution in [2.24, 2.45) is 0 Å². The van der Waals surface area contributed by atoms with E-state index in [1.807, 2.05) is 0 Å². The predicted molar refractivity (Wildman–Crippen MR) is 86.5 cm³/mol. The summed E-state index contributed by atoms with van der Waals surface area (Å²) in [6, 6.07) is 3.74. The van der Waals surface area contributed by atoms with Crippen LogP contribution in [0.2, 0.25) is 0 Å². The summed E-state index contributed by atoms with van der Waals surface area (Å²) < 4.78 is 13.9. The van der Waals surface area contributed by atoms with Crippen LogP contribution in [-0.2, 0) is 0 Å². The molecule has 0 saturated carbocycles. The van der Waals surface area contributed by atoms with Crippen LogP contribution in [0, 0.1) is 5.82 Å². The number of piperidine rings is 1. The molecule has 3 N–H and O–H groups in total. The van der Waals surface area contributed by atoms with Crippen molar-refractivity contribution in [3.8, 4) is 0 Å². The Morgan fingerprint density at radius 1 is 1.45 bits per heavy atom. The lowest BCUT2D eigenvalue weighted by Gasteiger charge is -2.33. The van der Waals surface area contributed by atoms with Gasteiger partial charge in [0.1, 0.15) is 5.82 Å². The van der Waals surface area contributed by atoms with E-state index in [2.05, 4.69) is 33.1 Å². The van der Waals surface area contributed by atoms with Crippen LogP contribution >= 0.6 is 15.9 Å². The van der Waals surface area contributed by atoms with Gasteiger partial charge < -0.3 is 16.0 Å². The zero-order chi connectivity index (χ0) is 14.5. The van der Waals surface area contributed by atoms with E-state index >= 15 is 0 Å². The molecule has 1 aromatic rings. The highest BCUT2D eigenvalue weighted by atomic mass is 79.9. The third-order valence-corrected chi connectivity index (χ3v) is 4.58. The van der Waals surface area contributed by atoms with Gasteiger partial charge in [-0.3, -0.25) is 0 Å². The van der Waals surface area contributed by atoms with Gasteiger partial charge in [-0.15, -0.1) is 0 Å². The first-order valence-corrected chi connectivity index (χ1v) is 8.09. The third kappa shape index (κ3) is 4.09. The van der Waals surface area contributed by atoms with Crippen molar-refractivity contribution in [1.29, 1.82) is 0 Å². The summed E-state index contributed by atoms with van der Waals surface area (Å²) in [5, 5.41) is 3.22. The molecule has 0 radical (unpaired) electrons. The monoisotopic (exact) mass is 343 g/mol. The lowest BCUT2D eigenvalue weighted by atomic mass is 10.0. The first kappa shape index (κ1) is 15.6. The number of nitrogens with two attached hydrogens (primary N) is 1. The molecule has 1 atom stereocenters. The number of benzene rings is 1. The fraction of sp³-hybridized carbons (Fsp3) is 0.600. The molecule has 3 nitrogen and oxygen atoms in total. The van der Waals surface area contributed by atoms with Crippen molar-refractivity contribution in [3.05, 3.63) is 22.4 Å². The van der Waals surface area contributed by atoms with E-state index in [1.165, 1.54) is 31.9 Å². The molecule has 1 aliphatic heterocycles. The maximum atomic E-state index is 13.5. The molecule has 1 aromatic carbocycles. The fourth-order valence-corrected chi connectivity index (χ4v) is 3.07. The van der Waals surface area contributed by atoms with E-state index in [9.17, 15) is 4.39 Å². The van der Waals surface area contributed by atoms with Crippen LogP contribution < -0.4 is 11.1 Å². The summed E-state index contributed by atoms with van der Waals surface area (Å²) in [7, 11) is 0. The number of nitrogens with zero attached hydrogens (tertiary/aromatic N) is 1. The zero-order valence-electron chi connectivity index (χ0n) is 12.0. The van der Waals surface area contributed by atoms with Crippen molar-refractivity contribution in [2.75, 3.05) is 30.7 Å². The second kappa shape index (κ2) is 7.27. The topological polar surface area (TPSA) is 41.3 Å². The van der Waals surface area contributed by atoms with E-state index in [-0.39, 0.29) is 5.82 Å². The van der Waals surface area contributed by atoms with Crippen LogP contribution in [0.3, 0.4) is 0 Å². The lowest BCUT2D eigenvalue weighted by Crippen LogP contribution is -2.38. The molecule has 1 unspecified atom stereocenters. The molecule has 20 heavy (non-hydrogen) atoms. The quantitative estimate of drug-likeness (QED) is 0.630. The average molecular weight is 344 g/mol. The van der Waals surface area contributed by atoms with Crippen molar-refractivity contribution >= 4 is 27.3 Å². The predicted octanol–water partition coefficient (Wildman–Crippen LogP) is 3.85. The summed E-state index contributed by atoms with van der Waals surface area (Å²) in [5.41, 5.74) is 7.12. The summed E-state index contributed by atoms with van der Waals surface area (Å²) in [6.45, 7) is 5.41. The number of nitrogens with one attached hydrogen (secondary N) is 1. The maximum Gasteiger partial charge on any atom is 0.139 e. The molecule has 5 heteroatoms. The summed E-state index contributed by atoms with van der Waals surface area (Å²) in [5.74, 6) is -0.286. The normalized spacial score (nSPS) is 20.1. The molecule has 1 saturated heterocycles. The summed E-state index contributed by atoms with van der Waals surface area (Å²) >= 11 is 3.13. The molecule has 0 aromatic heterocycles. The molecule has 112 valence electrons. The Morgan fingerprint density at radius 2 is 2.25 bits per heavy atom. The number of hydrogen-bond acceptors (Lipinski definition) is 3. The highest BCUT2D eigenvalue weighted by molar-refractivity contribution is 9.10. The first-order valence-electron chi connectivity index (χ1n) is 7.30. The van der Waals surface area contributed by atoms with Gasteiger partial charge in [0.25, 0.3) is 0 Å². The minimum Gasteiger partial charge on any atom is -0.397 e. The Kier molecular flexibility index (Phi) is 5.66. The van der Waals surface area contributed by atoms with Gasteiger partial charge >= 0.3 is 0 Å². The zero-order valence-corrected chi connectivity index (χ0v) is 13.5. The van der Waals surface area contributed by atoms with Gasteiger partial charge in [0.2, 0.25) is 0 Å². The molecule has 0 spiro atoms. The number of hydrogen-bond donors (Lipinski definition) is 2. The molecule has 1 fully saturated rings. The van der Waals surface area contributed by atoms with Gasteiger partial charge in [-0.2, -0.15) is 0 Å². The number of anilines is 2. The smallest absolute Gasteiger partial charge is 0.139 e. The van der Waals surface area contributed by atoms with E-state index in [1.54, 1.807) is 6.07 Å². The minimum atomic E-state index is -0.286. The van der Waals surface area contributed by atoms with E-state index < -0.39 is 0 Å². The van der Waals surface area contributed by atoms with Crippen molar-refractivity contribution in [2.45, 2.75) is 38.6 Å². The minimum absolute atomic E-state index is 0.286. The van der Waals surface area contributed by atoms with Gasteiger partial charge in [-0.25, -0.2) is 4.39 Å². The van der Waals surface area contributed by atoms with Crippen LogP contribution in [0.5, 0.6) is 0 Å². The second-order valence-electron chi connectivity index (χ2n) is 5.51.